The maximum absolute atomic E-state index is 12.5. The number of carbonyl (C=O) groups excluding carboxylic acids is 1. The van der Waals surface area contributed by atoms with Crippen LogP contribution in [0, 0.1) is 0 Å². The lowest BCUT2D eigenvalue weighted by molar-refractivity contribution is -0.115. The van der Waals surface area contributed by atoms with Gasteiger partial charge in [0.15, 0.2) is 16.3 Å². The number of hydrogen-bond acceptors (Lipinski definition) is 6. The third-order valence-electron chi connectivity index (χ3n) is 4.25. The lowest BCUT2D eigenvalue weighted by Crippen LogP contribution is -2.18. The zero-order chi connectivity index (χ0) is 19.3. The van der Waals surface area contributed by atoms with E-state index in [1.165, 1.54) is 16.9 Å². The molecule has 28 heavy (non-hydrogen) atoms. The first-order chi connectivity index (χ1) is 13.7. The Morgan fingerprint density at radius 1 is 1.21 bits per heavy atom. The molecule has 0 spiro atoms. The van der Waals surface area contributed by atoms with E-state index in [4.69, 9.17) is 9.47 Å². The predicted octanol–water partition coefficient (Wildman–Crippen LogP) is 4.16. The number of rotatable bonds is 7. The molecular weight excluding hydrogens is 412 g/mol. The van der Waals surface area contributed by atoms with Gasteiger partial charge in [-0.3, -0.25) is 4.79 Å². The molecule has 3 aromatic rings. The van der Waals surface area contributed by atoms with E-state index in [9.17, 15) is 4.79 Å². The Balaban J connectivity index is 1.56. The number of hydrogen-bond donors (Lipinski definition) is 0. The molecule has 2 heterocycles. The van der Waals surface area contributed by atoms with Gasteiger partial charge in [-0.1, -0.05) is 41.7 Å². The van der Waals surface area contributed by atoms with Gasteiger partial charge >= 0.3 is 0 Å². The van der Waals surface area contributed by atoms with Crippen molar-refractivity contribution in [1.29, 1.82) is 0 Å². The summed E-state index contributed by atoms with van der Waals surface area (Å²) in [4.78, 5) is 17.6. The predicted molar refractivity (Wildman–Crippen MR) is 117 cm³/mol. The van der Waals surface area contributed by atoms with Gasteiger partial charge < -0.3 is 14.0 Å². The van der Waals surface area contributed by atoms with Crippen molar-refractivity contribution in [2.24, 2.45) is 4.99 Å². The first kappa shape index (κ1) is 19.4. The molecule has 0 bridgehead atoms. The van der Waals surface area contributed by atoms with Gasteiger partial charge in [-0.15, -0.1) is 11.8 Å². The van der Waals surface area contributed by atoms with Gasteiger partial charge in [-0.2, -0.15) is 16.8 Å². The monoisotopic (exact) mass is 432 g/mol. The van der Waals surface area contributed by atoms with E-state index in [2.05, 4.69) is 27.9 Å². The summed E-state index contributed by atoms with van der Waals surface area (Å²) >= 11 is 4.88. The van der Waals surface area contributed by atoms with Crippen molar-refractivity contribution < 1.29 is 14.3 Å². The van der Waals surface area contributed by atoms with Gasteiger partial charge in [0, 0.05) is 30.2 Å². The van der Waals surface area contributed by atoms with Crippen LogP contribution in [-0.4, -0.2) is 35.0 Å². The van der Waals surface area contributed by atoms with Crippen LogP contribution in [0.4, 0.5) is 0 Å². The first-order valence-electron chi connectivity index (χ1n) is 8.86. The SMILES string of the molecule is CSCCn1c(=NC(=O)CSCc2ccccc2)sc2cc3c(cc21)OCO3. The molecular formula is C20H20N2O3S3. The minimum absolute atomic E-state index is 0.106. The topological polar surface area (TPSA) is 52.8 Å². The zero-order valence-corrected chi connectivity index (χ0v) is 17.9. The second-order valence-corrected chi connectivity index (χ2v) is 9.17. The van der Waals surface area contributed by atoms with E-state index in [0.717, 1.165) is 44.6 Å². The fourth-order valence-corrected chi connectivity index (χ4v) is 5.13. The van der Waals surface area contributed by atoms with Crippen LogP contribution in [0.3, 0.4) is 0 Å². The van der Waals surface area contributed by atoms with E-state index in [1.807, 2.05) is 30.3 Å². The lowest BCUT2D eigenvalue weighted by atomic mass is 10.2. The lowest BCUT2D eigenvalue weighted by Gasteiger charge is -2.04. The molecule has 1 aliphatic rings. The molecule has 5 nitrogen and oxygen atoms in total. The van der Waals surface area contributed by atoms with Gasteiger partial charge in [0.1, 0.15) is 0 Å². The Morgan fingerprint density at radius 2 is 2.00 bits per heavy atom. The normalized spacial score (nSPS) is 13.4. The van der Waals surface area contributed by atoms with E-state index < -0.39 is 0 Å². The molecule has 0 saturated heterocycles. The Kier molecular flexibility index (Phi) is 6.29. The summed E-state index contributed by atoms with van der Waals surface area (Å²) in [5.74, 6) is 3.52. The quantitative estimate of drug-likeness (QED) is 0.561. The number of thiazole rings is 1. The maximum atomic E-state index is 12.5. The van der Waals surface area contributed by atoms with Crippen LogP contribution >= 0.6 is 34.9 Å². The van der Waals surface area contributed by atoms with E-state index in [0.29, 0.717) is 5.75 Å². The third-order valence-corrected chi connectivity index (χ3v) is 6.87. The molecule has 0 fully saturated rings. The van der Waals surface area contributed by atoms with Gasteiger partial charge in [0.05, 0.1) is 16.0 Å². The van der Waals surface area contributed by atoms with E-state index in [-0.39, 0.29) is 12.7 Å². The number of benzene rings is 2. The smallest absolute Gasteiger partial charge is 0.258 e. The summed E-state index contributed by atoms with van der Waals surface area (Å²) in [7, 11) is 0. The molecule has 0 unspecified atom stereocenters. The first-order valence-corrected chi connectivity index (χ1v) is 12.2. The van der Waals surface area contributed by atoms with Crippen molar-refractivity contribution >= 4 is 51.0 Å². The molecule has 1 aliphatic heterocycles. The fraction of sp³-hybridized carbons (Fsp3) is 0.300. The Morgan fingerprint density at radius 3 is 2.79 bits per heavy atom. The fourth-order valence-electron chi connectivity index (χ4n) is 2.91. The van der Waals surface area contributed by atoms with Crippen LogP contribution in [0.2, 0.25) is 0 Å². The van der Waals surface area contributed by atoms with Crippen LogP contribution in [0.25, 0.3) is 10.2 Å². The minimum Gasteiger partial charge on any atom is -0.454 e. The van der Waals surface area contributed by atoms with Crippen molar-refractivity contribution in [2.45, 2.75) is 12.3 Å². The van der Waals surface area contributed by atoms with E-state index >= 15 is 0 Å². The van der Waals surface area contributed by atoms with Gasteiger partial charge in [0.2, 0.25) is 6.79 Å². The Labute approximate surface area is 175 Å². The highest BCUT2D eigenvalue weighted by Gasteiger charge is 2.18. The van der Waals surface area contributed by atoms with Crippen LogP contribution < -0.4 is 14.3 Å². The molecule has 0 atom stereocenters. The Hall–Kier alpha value is -1.90. The molecule has 4 rings (SSSR count). The van der Waals surface area contributed by atoms with Crippen molar-refractivity contribution in [2.75, 3.05) is 24.6 Å². The highest BCUT2D eigenvalue weighted by atomic mass is 32.2. The summed E-state index contributed by atoms with van der Waals surface area (Å²) < 4.78 is 14.2. The van der Waals surface area contributed by atoms with Crippen molar-refractivity contribution in [1.82, 2.24) is 4.57 Å². The summed E-state index contributed by atoms with van der Waals surface area (Å²) in [6, 6.07) is 14.1. The largest absolute Gasteiger partial charge is 0.454 e. The average Bonchev–Trinajstić information content (AvgIpc) is 3.28. The van der Waals surface area contributed by atoms with Crippen LogP contribution in [0.1, 0.15) is 5.56 Å². The average molecular weight is 433 g/mol. The molecule has 146 valence electrons. The Bertz CT molecular complexity index is 1040. The highest BCUT2D eigenvalue weighted by molar-refractivity contribution is 7.99. The van der Waals surface area contributed by atoms with Gasteiger partial charge in [-0.25, -0.2) is 0 Å². The van der Waals surface area contributed by atoms with Crippen LogP contribution in [0.5, 0.6) is 11.5 Å². The van der Waals surface area contributed by atoms with Crippen LogP contribution in [0.15, 0.2) is 47.5 Å². The minimum atomic E-state index is -0.106. The van der Waals surface area contributed by atoms with Crippen molar-refractivity contribution in [3.8, 4) is 11.5 Å². The van der Waals surface area contributed by atoms with E-state index in [1.54, 1.807) is 23.5 Å². The third kappa shape index (κ3) is 4.39. The molecule has 0 radical (unpaired) electrons. The van der Waals surface area contributed by atoms with Crippen molar-refractivity contribution in [3.05, 3.63) is 52.8 Å². The zero-order valence-electron chi connectivity index (χ0n) is 15.4. The van der Waals surface area contributed by atoms with Crippen LogP contribution in [-0.2, 0) is 17.1 Å². The van der Waals surface area contributed by atoms with Crippen molar-refractivity contribution in [3.63, 3.8) is 0 Å². The molecule has 1 amide bonds. The second-order valence-electron chi connectivity index (χ2n) is 6.19. The number of nitrogens with zero attached hydrogens (tertiary/aromatic N) is 2. The molecule has 2 aromatic carbocycles. The van der Waals surface area contributed by atoms with Gasteiger partial charge in [-0.05, 0) is 11.8 Å². The number of amides is 1. The number of ether oxygens (including phenoxy) is 2. The molecule has 0 N–H and O–H groups in total. The number of carbonyl (C=O) groups is 1. The number of thioether (sulfide) groups is 2. The van der Waals surface area contributed by atoms with Gasteiger partial charge in [0.25, 0.3) is 5.91 Å². The summed E-state index contributed by atoms with van der Waals surface area (Å²) in [6.45, 7) is 1.05. The molecule has 0 saturated carbocycles. The summed E-state index contributed by atoms with van der Waals surface area (Å²) in [5, 5.41) is 0. The molecule has 8 heteroatoms. The molecule has 1 aromatic heterocycles. The highest BCUT2D eigenvalue weighted by Crippen LogP contribution is 2.37. The number of aromatic nitrogens is 1. The standard InChI is InChI=1S/C20H20N2O3S3/c1-26-8-7-22-15-9-16-17(25-13-24-16)10-18(15)28-20(22)21-19(23)12-27-11-14-5-3-2-4-6-14/h2-6,9-10H,7-8,11-13H2,1H3. The molecule has 0 aliphatic carbocycles. The maximum Gasteiger partial charge on any atom is 0.258 e. The number of fused-ring (bicyclic) bond motifs is 2. The summed E-state index contributed by atoms with van der Waals surface area (Å²) in [6.07, 6.45) is 2.08. The number of aryl methyl sites for hydroxylation is 1. The summed E-state index contributed by atoms with van der Waals surface area (Å²) in [5.41, 5.74) is 2.25. The second kappa shape index (κ2) is 9.07.